The molecule has 2 rings (SSSR count). The second-order valence-corrected chi connectivity index (χ2v) is 9.15. The van der Waals surface area contributed by atoms with Gasteiger partial charge < -0.3 is 10.2 Å². The van der Waals surface area contributed by atoms with Crippen molar-refractivity contribution in [1.82, 2.24) is 9.62 Å². The highest BCUT2D eigenvalue weighted by atomic mass is 32.2. The number of rotatable bonds is 10. The third-order valence-electron chi connectivity index (χ3n) is 4.99. The Balaban J connectivity index is 1.84. The van der Waals surface area contributed by atoms with Gasteiger partial charge in [0.05, 0.1) is 4.90 Å². The first-order valence-corrected chi connectivity index (χ1v) is 11.5. The van der Waals surface area contributed by atoms with Gasteiger partial charge >= 0.3 is 0 Å². The maximum absolute atomic E-state index is 12.5. The molecule has 1 aromatic carbocycles. The van der Waals surface area contributed by atoms with E-state index in [9.17, 15) is 13.2 Å². The third-order valence-corrected chi connectivity index (χ3v) is 6.53. The molecule has 1 fully saturated rings. The van der Waals surface area contributed by atoms with Crippen LogP contribution >= 0.6 is 0 Å². The van der Waals surface area contributed by atoms with Crippen LogP contribution in [0.1, 0.15) is 58.3 Å². The Kier molecular flexibility index (Phi) is 8.73. The lowest BCUT2D eigenvalue weighted by atomic mass is 9.96. The van der Waals surface area contributed by atoms with Crippen molar-refractivity contribution in [3.63, 3.8) is 0 Å². The zero-order valence-electron chi connectivity index (χ0n) is 16.5. The molecule has 0 aromatic heterocycles. The van der Waals surface area contributed by atoms with Crippen molar-refractivity contribution in [2.24, 2.45) is 0 Å². The molecule has 0 heterocycles. The molecule has 0 radical (unpaired) electrons. The molecule has 1 aliphatic carbocycles. The molecule has 0 saturated heterocycles. The van der Waals surface area contributed by atoms with Crippen LogP contribution in [0.25, 0.3) is 0 Å². The molecule has 0 unspecified atom stereocenters. The van der Waals surface area contributed by atoms with Gasteiger partial charge in [0.25, 0.3) is 0 Å². The minimum Gasteiger partial charge on any atom is -0.326 e. The van der Waals surface area contributed by atoms with E-state index in [4.69, 9.17) is 0 Å². The number of nitrogens with zero attached hydrogens (tertiary/aromatic N) is 1. The second kappa shape index (κ2) is 10.8. The maximum atomic E-state index is 12.5. The van der Waals surface area contributed by atoms with Gasteiger partial charge in [-0.25, -0.2) is 13.1 Å². The number of anilines is 1. The van der Waals surface area contributed by atoms with E-state index in [1.807, 2.05) is 7.05 Å². The van der Waals surface area contributed by atoms with Gasteiger partial charge in [-0.15, -0.1) is 0 Å². The fraction of sp³-hybridized carbons (Fsp3) is 0.650. The summed E-state index contributed by atoms with van der Waals surface area (Å²) in [6.45, 7) is 3.85. The van der Waals surface area contributed by atoms with Crippen LogP contribution in [-0.2, 0) is 14.8 Å². The van der Waals surface area contributed by atoms with E-state index in [0.717, 1.165) is 45.1 Å². The topological polar surface area (TPSA) is 78.5 Å². The lowest BCUT2D eigenvalue weighted by Crippen LogP contribution is -2.36. The number of sulfonamides is 1. The summed E-state index contributed by atoms with van der Waals surface area (Å²) in [4.78, 5) is 14.5. The summed E-state index contributed by atoms with van der Waals surface area (Å²) in [5, 5.41) is 2.83. The van der Waals surface area contributed by atoms with Crippen LogP contribution in [0.5, 0.6) is 0 Å². The SMILES string of the molecule is CCCCN(C)CCC(=O)Nc1ccc(S(=O)(=O)NC2CCCCC2)cc1. The van der Waals surface area contributed by atoms with Crippen LogP contribution in [0.3, 0.4) is 0 Å². The Morgan fingerprint density at radius 2 is 1.78 bits per heavy atom. The summed E-state index contributed by atoms with van der Waals surface area (Å²) in [5.41, 5.74) is 0.618. The molecule has 1 saturated carbocycles. The zero-order chi connectivity index (χ0) is 19.7. The van der Waals surface area contributed by atoms with Crippen LogP contribution in [-0.4, -0.2) is 45.4 Å². The minimum absolute atomic E-state index is 0.0350. The highest BCUT2D eigenvalue weighted by molar-refractivity contribution is 7.89. The molecule has 152 valence electrons. The van der Waals surface area contributed by atoms with Crippen molar-refractivity contribution in [1.29, 1.82) is 0 Å². The van der Waals surface area contributed by atoms with Crippen LogP contribution < -0.4 is 10.0 Å². The van der Waals surface area contributed by atoms with Crippen LogP contribution in [0, 0.1) is 0 Å². The summed E-state index contributed by atoms with van der Waals surface area (Å²) < 4.78 is 27.8. The summed E-state index contributed by atoms with van der Waals surface area (Å²) in [7, 11) is -1.49. The summed E-state index contributed by atoms with van der Waals surface area (Å²) in [5.74, 6) is -0.0608. The quantitative estimate of drug-likeness (QED) is 0.637. The van der Waals surface area contributed by atoms with Crippen LogP contribution in [0.15, 0.2) is 29.2 Å². The fourth-order valence-electron chi connectivity index (χ4n) is 3.28. The van der Waals surface area contributed by atoms with Crippen LogP contribution in [0.2, 0.25) is 0 Å². The average molecular weight is 396 g/mol. The van der Waals surface area contributed by atoms with E-state index in [2.05, 4.69) is 21.9 Å². The Morgan fingerprint density at radius 1 is 1.11 bits per heavy atom. The Labute approximate surface area is 163 Å². The molecule has 1 amide bonds. The van der Waals surface area contributed by atoms with E-state index >= 15 is 0 Å². The zero-order valence-corrected chi connectivity index (χ0v) is 17.4. The predicted molar refractivity (Wildman–Crippen MR) is 109 cm³/mol. The Bertz CT molecular complexity index is 683. The molecule has 0 bridgehead atoms. The fourth-order valence-corrected chi connectivity index (χ4v) is 4.59. The van der Waals surface area contributed by atoms with E-state index in [0.29, 0.717) is 18.7 Å². The van der Waals surface area contributed by atoms with Gasteiger partial charge in [0, 0.05) is 24.7 Å². The van der Waals surface area contributed by atoms with Gasteiger partial charge in [0.15, 0.2) is 0 Å². The molecule has 6 nitrogen and oxygen atoms in total. The van der Waals surface area contributed by atoms with Crippen molar-refractivity contribution < 1.29 is 13.2 Å². The van der Waals surface area contributed by atoms with E-state index in [1.54, 1.807) is 24.3 Å². The monoisotopic (exact) mass is 395 g/mol. The number of unbranched alkanes of at least 4 members (excludes halogenated alkanes) is 1. The van der Waals surface area contributed by atoms with E-state index < -0.39 is 10.0 Å². The molecule has 7 heteroatoms. The highest BCUT2D eigenvalue weighted by Gasteiger charge is 2.21. The van der Waals surface area contributed by atoms with Crippen molar-refractivity contribution in [2.45, 2.75) is 69.2 Å². The van der Waals surface area contributed by atoms with Crippen molar-refractivity contribution in [2.75, 3.05) is 25.5 Å². The van der Waals surface area contributed by atoms with E-state index in [1.165, 1.54) is 6.42 Å². The standard InChI is InChI=1S/C20H33N3O3S/c1-3-4-15-23(2)16-14-20(24)21-17-10-12-19(13-11-17)27(25,26)22-18-8-6-5-7-9-18/h10-13,18,22H,3-9,14-16H2,1-2H3,(H,21,24). The second-order valence-electron chi connectivity index (χ2n) is 7.44. The minimum atomic E-state index is -3.50. The molecule has 1 aromatic rings. The molecule has 0 atom stereocenters. The largest absolute Gasteiger partial charge is 0.326 e. The van der Waals surface area contributed by atoms with Gasteiger partial charge in [0.1, 0.15) is 0 Å². The van der Waals surface area contributed by atoms with Crippen molar-refractivity contribution in [3.05, 3.63) is 24.3 Å². The molecule has 27 heavy (non-hydrogen) atoms. The van der Waals surface area contributed by atoms with Crippen LogP contribution in [0.4, 0.5) is 5.69 Å². The van der Waals surface area contributed by atoms with Gasteiger partial charge in [-0.3, -0.25) is 4.79 Å². The number of benzene rings is 1. The lowest BCUT2D eigenvalue weighted by molar-refractivity contribution is -0.116. The van der Waals surface area contributed by atoms with E-state index in [-0.39, 0.29) is 16.8 Å². The number of amides is 1. The van der Waals surface area contributed by atoms with Gasteiger partial charge in [-0.1, -0.05) is 32.6 Å². The molecule has 2 N–H and O–H groups in total. The summed E-state index contributed by atoms with van der Waals surface area (Å²) in [6.07, 6.45) is 7.83. The Morgan fingerprint density at radius 3 is 2.41 bits per heavy atom. The van der Waals surface area contributed by atoms with Gasteiger partial charge in [-0.2, -0.15) is 0 Å². The number of carbonyl (C=O) groups excluding carboxylic acids is 1. The summed E-state index contributed by atoms with van der Waals surface area (Å²) >= 11 is 0. The molecule has 0 spiro atoms. The molecular formula is C20H33N3O3S. The normalized spacial score (nSPS) is 15.8. The first-order chi connectivity index (χ1) is 12.9. The molecule has 1 aliphatic rings. The third kappa shape index (κ3) is 7.60. The summed E-state index contributed by atoms with van der Waals surface area (Å²) in [6, 6.07) is 6.43. The number of hydrogen-bond donors (Lipinski definition) is 2. The molecule has 0 aliphatic heterocycles. The highest BCUT2D eigenvalue weighted by Crippen LogP contribution is 2.20. The number of nitrogens with one attached hydrogen (secondary N) is 2. The predicted octanol–water partition coefficient (Wildman–Crippen LogP) is 3.36. The Hall–Kier alpha value is -1.44. The first-order valence-electron chi connectivity index (χ1n) is 10.0. The maximum Gasteiger partial charge on any atom is 0.240 e. The number of hydrogen-bond acceptors (Lipinski definition) is 4. The number of carbonyl (C=O) groups is 1. The lowest BCUT2D eigenvalue weighted by Gasteiger charge is -2.22. The van der Waals surface area contributed by atoms with Crippen molar-refractivity contribution >= 4 is 21.6 Å². The van der Waals surface area contributed by atoms with Gasteiger partial charge in [-0.05, 0) is 57.1 Å². The average Bonchev–Trinajstić information content (AvgIpc) is 2.65. The smallest absolute Gasteiger partial charge is 0.240 e. The van der Waals surface area contributed by atoms with Crippen molar-refractivity contribution in [3.8, 4) is 0 Å². The first kappa shape index (κ1) is 21.9. The molecular weight excluding hydrogens is 362 g/mol. The van der Waals surface area contributed by atoms with Gasteiger partial charge in [0.2, 0.25) is 15.9 Å².